The van der Waals surface area contributed by atoms with Crippen molar-refractivity contribution >= 4 is 41.5 Å². The molecule has 0 atom stereocenters. The van der Waals surface area contributed by atoms with Crippen LogP contribution in [0.15, 0.2) is 47.6 Å². The van der Waals surface area contributed by atoms with Crippen LogP contribution in [0.1, 0.15) is 11.1 Å². The summed E-state index contributed by atoms with van der Waals surface area (Å²) < 4.78 is 10.4. The summed E-state index contributed by atoms with van der Waals surface area (Å²) >= 11 is 6.16. The molecule has 0 radical (unpaired) electrons. The van der Waals surface area contributed by atoms with Gasteiger partial charge in [0, 0.05) is 44.5 Å². The first-order valence-electron chi connectivity index (χ1n) is 7.97. The number of aliphatic imine (C=N–C) groups is 1. The maximum atomic E-state index is 6.16. The van der Waals surface area contributed by atoms with E-state index in [0.717, 1.165) is 16.1 Å². The van der Waals surface area contributed by atoms with Crippen molar-refractivity contribution in [3.05, 3.63) is 58.7 Å². The van der Waals surface area contributed by atoms with Crippen LogP contribution in [0.5, 0.6) is 5.88 Å². The van der Waals surface area contributed by atoms with E-state index in [1.165, 1.54) is 0 Å². The van der Waals surface area contributed by atoms with Crippen LogP contribution >= 0.6 is 35.6 Å². The Labute approximate surface area is 176 Å². The second-order valence-electron chi connectivity index (χ2n) is 5.22. The summed E-state index contributed by atoms with van der Waals surface area (Å²) in [4.78, 5) is 8.47. The number of hydrogen-bond donors (Lipinski definition) is 2. The second kappa shape index (κ2) is 12.7. The number of ether oxygens (including phenoxy) is 2. The highest BCUT2D eigenvalue weighted by Gasteiger charge is 2.03. The summed E-state index contributed by atoms with van der Waals surface area (Å²) in [5, 5.41) is 7.22. The molecule has 2 aromatic rings. The molecular formula is C18H24ClIN4O2. The number of benzene rings is 1. The van der Waals surface area contributed by atoms with Crippen molar-refractivity contribution in [2.45, 2.75) is 13.1 Å². The molecule has 0 saturated carbocycles. The number of methoxy groups -OCH3 is 1. The van der Waals surface area contributed by atoms with Crippen LogP contribution in [0.25, 0.3) is 0 Å². The topological polar surface area (TPSA) is 67.8 Å². The Balaban J connectivity index is 0.00000338. The fraction of sp³-hybridized carbons (Fsp3) is 0.333. The number of hydrogen-bond acceptors (Lipinski definition) is 4. The number of halogens is 2. The summed E-state index contributed by atoms with van der Waals surface area (Å²) in [7, 11) is 3.37. The average molecular weight is 491 g/mol. The summed E-state index contributed by atoms with van der Waals surface area (Å²) in [5.74, 6) is 1.28. The third-order valence-corrected chi connectivity index (χ3v) is 3.79. The Kier molecular flexibility index (Phi) is 11.0. The fourth-order valence-corrected chi connectivity index (χ4v) is 2.26. The second-order valence-corrected chi connectivity index (χ2v) is 5.62. The van der Waals surface area contributed by atoms with Gasteiger partial charge in [-0.1, -0.05) is 35.9 Å². The molecule has 2 rings (SSSR count). The van der Waals surface area contributed by atoms with Gasteiger partial charge in [-0.15, -0.1) is 24.0 Å². The first kappa shape index (κ1) is 22.5. The van der Waals surface area contributed by atoms with E-state index in [0.29, 0.717) is 38.1 Å². The molecule has 6 nitrogen and oxygen atoms in total. The SMILES string of the molecule is CN=C(NCc1ccc(OCCOC)nc1)NCc1ccccc1Cl.I. The van der Waals surface area contributed by atoms with Gasteiger partial charge < -0.3 is 20.1 Å². The first-order valence-corrected chi connectivity index (χ1v) is 8.35. The summed E-state index contributed by atoms with van der Waals surface area (Å²) in [6, 6.07) is 11.5. The highest BCUT2D eigenvalue weighted by Crippen LogP contribution is 2.14. The number of guanidine groups is 1. The zero-order valence-electron chi connectivity index (χ0n) is 14.9. The lowest BCUT2D eigenvalue weighted by Gasteiger charge is -2.13. The molecule has 0 bridgehead atoms. The van der Waals surface area contributed by atoms with Gasteiger partial charge in [-0.25, -0.2) is 4.98 Å². The van der Waals surface area contributed by atoms with Crippen LogP contribution in [-0.4, -0.2) is 38.3 Å². The quantitative estimate of drug-likeness (QED) is 0.257. The molecule has 0 aliphatic carbocycles. The van der Waals surface area contributed by atoms with Crippen LogP contribution in [0.3, 0.4) is 0 Å². The van der Waals surface area contributed by atoms with Crippen molar-refractivity contribution < 1.29 is 9.47 Å². The Bertz CT molecular complexity index is 683. The van der Waals surface area contributed by atoms with Crippen molar-refractivity contribution in [1.29, 1.82) is 0 Å². The lowest BCUT2D eigenvalue weighted by Crippen LogP contribution is -2.36. The van der Waals surface area contributed by atoms with E-state index in [1.54, 1.807) is 20.4 Å². The Hall–Kier alpha value is -1.58. The van der Waals surface area contributed by atoms with E-state index in [-0.39, 0.29) is 24.0 Å². The van der Waals surface area contributed by atoms with E-state index >= 15 is 0 Å². The average Bonchev–Trinajstić information content (AvgIpc) is 2.64. The fourth-order valence-electron chi connectivity index (χ4n) is 2.06. The molecular weight excluding hydrogens is 467 g/mol. The molecule has 26 heavy (non-hydrogen) atoms. The molecule has 8 heteroatoms. The van der Waals surface area contributed by atoms with E-state index in [1.807, 2.05) is 36.4 Å². The van der Waals surface area contributed by atoms with Crippen molar-refractivity contribution in [1.82, 2.24) is 15.6 Å². The lowest BCUT2D eigenvalue weighted by molar-refractivity contribution is 0.143. The Morgan fingerprint density at radius 1 is 1.12 bits per heavy atom. The van der Waals surface area contributed by atoms with Gasteiger partial charge in [-0.2, -0.15) is 0 Å². The van der Waals surface area contributed by atoms with Crippen molar-refractivity contribution in [3.63, 3.8) is 0 Å². The van der Waals surface area contributed by atoms with E-state index in [4.69, 9.17) is 21.1 Å². The third-order valence-electron chi connectivity index (χ3n) is 3.42. The minimum atomic E-state index is 0. The number of nitrogens with zero attached hydrogens (tertiary/aromatic N) is 2. The van der Waals surface area contributed by atoms with E-state index in [9.17, 15) is 0 Å². The van der Waals surface area contributed by atoms with Crippen LogP contribution in [0.4, 0.5) is 0 Å². The van der Waals surface area contributed by atoms with Gasteiger partial charge in [0.25, 0.3) is 0 Å². The van der Waals surface area contributed by atoms with Gasteiger partial charge >= 0.3 is 0 Å². The third kappa shape index (κ3) is 7.76. The van der Waals surface area contributed by atoms with E-state index < -0.39 is 0 Å². The lowest BCUT2D eigenvalue weighted by atomic mass is 10.2. The normalized spacial score (nSPS) is 10.8. The summed E-state index contributed by atoms with van der Waals surface area (Å²) in [5.41, 5.74) is 2.05. The standard InChI is InChI=1S/C18H23ClN4O2.HI/c1-20-18(23-13-15-5-3-4-6-16(15)19)22-12-14-7-8-17(21-11-14)25-10-9-24-2;/h3-8,11H,9-10,12-13H2,1-2H3,(H2,20,22,23);1H. The molecule has 0 spiro atoms. The highest BCUT2D eigenvalue weighted by molar-refractivity contribution is 14.0. The number of pyridine rings is 1. The number of aromatic nitrogens is 1. The highest BCUT2D eigenvalue weighted by atomic mass is 127. The Morgan fingerprint density at radius 2 is 1.88 bits per heavy atom. The maximum Gasteiger partial charge on any atom is 0.213 e. The molecule has 0 aliphatic rings. The van der Waals surface area contributed by atoms with Crippen molar-refractivity contribution in [2.24, 2.45) is 4.99 Å². The number of nitrogens with one attached hydrogen (secondary N) is 2. The molecule has 1 aromatic heterocycles. The monoisotopic (exact) mass is 490 g/mol. The minimum Gasteiger partial charge on any atom is -0.475 e. The molecule has 2 N–H and O–H groups in total. The molecule has 0 saturated heterocycles. The summed E-state index contributed by atoms with van der Waals surface area (Å²) in [6.07, 6.45) is 1.77. The molecule has 0 fully saturated rings. The van der Waals surface area contributed by atoms with Crippen molar-refractivity contribution in [2.75, 3.05) is 27.4 Å². The van der Waals surface area contributed by atoms with Gasteiger partial charge in [0.05, 0.1) is 6.61 Å². The van der Waals surface area contributed by atoms with Gasteiger partial charge in [-0.05, 0) is 17.2 Å². The van der Waals surface area contributed by atoms with E-state index in [2.05, 4.69) is 20.6 Å². The van der Waals surface area contributed by atoms with Crippen LogP contribution in [0.2, 0.25) is 5.02 Å². The first-order chi connectivity index (χ1) is 12.2. The smallest absolute Gasteiger partial charge is 0.213 e. The zero-order valence-corrected chi connectivity index (χ0v) is 18.0. The van der Waals surface area contributed by atoms with Crippen LogP contribution < -0.4 is 15.4 Å². The minimum absolute atomic E-state index is 0. The van der Waals surface area contributed by atoms with Gasteiger partial charge in [0.1, 0.15) is 6.61 Å². The molecule has 0 aliphatic heterocycles. The maximum absolute atomic E-state index is 6.16. The van der Waals surface area contributed by atoms with Gasteiger partial charge in [0.15, 0.2) is 5.96 Å². The number of rotatable bonds is 8. The molecule has 0 amide bonds. The van der Waals surface area contributed by atoms with Crippen LogP contribution in [0, 0.1) is 0 Å². The molecule has 142 valence electrons. The predicted molar refractivity (Wildman–Crippen MR) is 116 cm³/mol. The van der Waals surface area contributed by atoms with Gasteiger partial charge in [0.2, 0.25) is 5.88 Å². The molecule has 1 aromatic carbocycles. The molecule has 0 unspecified atom stereocenters. The van der Waals surface area contributed by atoms with Crippen LogP contribution in [-0.2, 0) is 17.8 Å². The van der Waals surface area contributed by atoms with Gasteiger partial charge in [-0.3, -0.25) is 4.99 Å². The largest absolute Gasteiger partial charge is 0.475 e. The van der Waals surface area contributed by atoms with Crippen molar-refractivity contribution in [3.8, 4) is 5.88 Å². The summed E-state index contributed by atoms with van der Waals surface area (Å²) in [6.45, 7) is 2.23. The zero-order chi connectivity index (χ0) is 17.9. The predicted octanol–water partition coefficient (Wildman–Crippen LogP) is 3.24. The molecule has 1 heterocycles. The Morgan fingerprint density at radius 3 is 2.54 bits per heavy atom.